The summed E-state index contributed by atoms with van der Waals surface area (Å²) < 4.78 is 5.21. The van der Waals surface area contributed by atoms with Crippen LogP contribution in [0.3, 0.4) is 0 Å². The summed E-state index contributed by atoms with van der Waals surface area (Å²) in [6, 6.07) is 5.01. The number of unbranched alkanes of at least 4 members (excludes halogenated alkanes) is 2. The van der Waals surface area contributed by atoms with Crippen molar-refractivity contribution < 1.29 is 19.1 Å². The normalized spacial score (nSPS) is 11.9. The lowest BCUT2D eigenvalue weighted by Crippen LogP contribution is -2.48. The van der Waals surface area contributed by atoms with Crippen molar-refractivity contribution in [1.82, 2.24) is 15.5 Å². The molecule has 32 heavy (non-hydrogen) atoms. The highest BCUT2D eigenvalue weighted by Crippen LogP contribution is 2.24. The van der Waals surface area contributed by atoms with Crippen LogP contribution in [-0.4, -0.2) is 48.0 Å². The summed E-state index contributed by atoms with van der Waals surface area (Å²) in [6.45, 7) is 15.4. The molecule has 0 heterocycles. The molecule has 0 aromatic heterocycles. The second-order valence-electron chi connectivity index (χ2n) is 9.01. The molecule has 1 atom stereocenters. The van der Waals surface area contributed by atoms with Crippen LogP contribution >= 0.6 is 0 Å². The van der Waals surface area contributed by atoms with Crippen LogP contribution in [0.4, 0.5) is 4.79 Å². The number of carbonyl (C=O) groups excluding carboxylic acids is 3. The SMILES string of the molecule is C=CCN(C(=O)CNC(=O)OC(C)(C)C)C(C(=O)NCCCCC)c1cc(C)cc(C)c1. The highest BCUT2D eigenvalue weighted by atomic mass is 16.6. The lowest BCUT2D eigenvalue weighted by Gasteiger charge is -2.31. The maximum Gasteiger partial charge on any atom is 0.408 e. The fourth-order valence-electron chi connectivity index (χ4n) is 3.38. The molecule has 0 bridgehead atoms. The quantitative estimate of drug-likeness (QED) is 0.395. The van der Waals surface area contributed by atoms with E-state index < -0.39 is 23.6 Å². The molecule has 3 amide bonds. The number of nitrogens with zero attached hydrogens (tertiary/aromatic N) is 1. The van der Waals surface area contributed by atoms with Crippen molar-refractivity contribution in [2.24, 2.45) is 0 Å². The van der Waals surface area contributed by atoms with Crippen LogP contribution in [0.1, 0.15) is 69.7 Å². The number of amides is 3. The summed E-state index contributed by atoms with van der Waals surface area (Å²) in [5.41, 5.74) is 2.06. The molecule has 1 unspecified atom stereocenters. The van der Waals surface area contributed by atoms with Crippen molar-refractivity contribution >= 4 is 17.9 Å². The zero-order chi connectivity index (χ0) is 24.3. The Bertz CT molecular complexity index is 779. The fourth-order valence-corrected chi connectivity index (χ4v) is 3.38. The topological polar surface area (TPSA) is 87.7 Å². The molecular weight excluding hydrogens is 406 g/mol. The first-order chi connectivity index (χ1) is 15.0. The molecule has 1 rings (SSSR count). The van der Waals surface area contributed by atoms with Crippen LogP contribution in [0.15, 0.2) is 30.9 Å². The van der Waals surface area contributed by atoms with Crippen molar-refractivity contribution in [2.45, 2.75) is 72.4 Å². The summed E-state index contributed by atoms with van der Waals surface area (Å²) in [6.07, 6.45) is 3.83. The number of rotatable bonds is 11. The molecule has 1 aromatic rings. The molecule has 0 saturated carbocycles. The number of hydrogen-bond donors (Lipinski definition) is 2. The first-order valence-electron chi connectivity index (χ1n) is 11.2. The van der Waals surface area contributed by atoms with Crippen molar-refractivity contribution in [3.8, 4) is 0 Å². The average molecular weight is 446 g/mol. The number of benzene rings is 1. The Kier molecular flexibility index (Phi) is 11.0. The Morgan fingerprint density at radius 3 is 2.25 bits per heavy atom. The molecule has 0 saturated heterocycles. The highest BCUT2D eigenvalue weighted by Gasteiger charge is 2.31. The van der Waals surface area contributed by atoms with E-state index in [0.717, 1.165) is 36.0 Å². The minimum Gasteiger partial charge on any atom is -0.444 e. The number of carbonyl (C=O) groups is 3. The molecule has 7 nitrogen and oxygen atoms in total. The second-order valence-corrected chi connectivity index (χ2v) is 9.01. The third-order valence-corrected chi connectivity index (χ3v) is 4.63. The van der Waals surface area contributed by atoms with Crippen LogP contribution in [-0.2, 0) is 14.3 Å². The molecule has 7 heteroatoms. The van der Waals surface area contributed by atoms with E-state index >= 15 is 0 Å². The van der Waals surface area contributed by atoms with E-state index in [9.17, 15) is 14.4 Å². The lowest BCUT2D eigenvalue weighted by molar-refractivity contribution is -0.139. The monoisotopic (exact) mass is 445 g/mol. The summed E-state index contributed by atoms with van der Waals surface area (Å²) in [5, 5.41) is 5.45. The minimum absolute atomic E-state index is 0.162. The number of alkyl carbamates (subject to hydrolysis) is 1. The molecule has 0 radical (unpaired) electrons. The molecule has 178 valence electrons. The van der Waals surface area contributed by atoms with Crippen LogP contribution < -0.4 is 10.6 Å². The first kappa shape index (κ1) is 27.2. The van der Waals surface area contributed by atoms with Gasteiger partial charge in [-0.05, 0) is 46.6 Å². The van der Waals surface area contributed by atoms with Crippen LogP contribution in [0, 0.1) is 13.8 Å². The standard InChI is InChI=1S/C25H39N3O4/c1-8-10-11-12-26-23(30)22(20-15-18(3)14-19(4)16-20)28(13-9-2)21(29)17-27-24(31)32-25(5,6)7/h9,14-16,22H,2,8,10-13,17H2,1,3-7H3,(H,26,30)(H,27,31). The Hall–Kier alpha value is -2.83. The van der Waals surface area contributed by atoms with E-state index in [1.165, 1.54) is 4.90 Å². The molecule has 0 aliphatic heterocycles. The van der Waals surface area contributed by atoms with E-state index in [1.54, 1.807) is 26.8 Å². The number of hydrogen-bond acceptors (Lipinski definition) is 4. The van der Waals surface area contributed by atoms with E-state index in [0.29, 0.717) is 6.54 Å². The average Bonchev–Trinajstić information content (AvgIpc) is 2.67. The van der Waals surface area contributed by atoms with Crippen molar-refractivity contribution in [2.75, 3.05) is 19.6 Å². The molecule has 2 N–H and O–H groups in total. The molecular formula is C25H39N3O4. The van der Waals surface area contributed by atoms with Gasteiger partial charge in [0.2, 0.25) is 11.8 Å². The van der Waals surface area contributed by atoms with Crippen molar-refractivity contribution in [3.05, 3.63) is 47.5 Å². The van der Waals surface area contributed by atoms with Gasteiger partial charge in [-0.1, -0.05) is 55.2 Å². The molecule has 0 aliphatic rings. The number of nitrogens with one attached hydrogen (secondary N) is 2. The van der Waals surface area contributed by atoms with Crippen LogP contribution in [0.2, 0.25) is 0 Å². The largest absolute Gasteiger partial charge is 0.444 e. The minimum atomic E-state index is -0.832. The van der Waals surface area contributed by atoms with Gasteiger partial charge in [0, 0.05) is 13.1 Å². The smallest absolute Gasteiger partial charge is 0.408 e. The highest BCUT2D eigenvalue weighted by molar-refractivity contribution is 5.90. The Labute approximate surface area is 192 Å². The zero-order valence-corrected chi connectivity index (χ0v) is 20.4. The summed E-state index contributed by atoms with van der Waals surface area (Å²) in [7, 11) is 0. The first-order valence-corrected chi connectivity index (χ1v) is 11.2. The van der Waals surface area contributed by atoms with Gasteiger partial charge in [0.25, 0.3) is 0 Å². The third-order valence-electron chi connectivity index (χ3n) is 4.63. The van der Waals surface area contributed by atoms with Gasteiger partial charge in [-0.2, -0.15) is 0 Å². The van der Waals surface area contributed by atoms with Crippen molar-refractivity contribution in [1.29, 1.82) is 0 Å². The number of aryl methyl sites for hydroxylation is 2. The third kappa shape index (κ3) is 9.54. The van der Waals surface area contributed by atoms with E-state index in [-0.39, 0.29) is 19.0 Å². The Morgan fingerprint density at radius 1 is 1.09 bits per heavy atom. The fraction of sp³-hybridized carbons (Fsp3) is 0.560. The van der Waals surface area contributed by atoms with Gasteiger partial charge in [-0.3, -0.25) is 9.59 Å². The van der Waals surface area contributed by atoms with Crippen molar-refractivity contribution in [3.63, 3.8) is 0 Å². The second kappa shape index (κ2) is 12.9. The predicted molar refractivity (Wildman–Crippen MR) is 127 cm³/mol. The van der Waals surface area contributed by atoms with Crippen LogP contribution in [0.25, 0.3) is 0 Å². The van der Waals surface area contributed by atoms with Gasteiger partial charge < -0.3 is 20.3 Å². The molecule has 0 aliphatic carbocycles. The van der Waals surface area contributed by atoms with E-state index in [1.807, 2.05) is 32.0 Å². The molecule has 0 fully saturated rings. The van der Waals surface area contributed by atoms with Gasteiger partial charge >= 0.3 is 6.09 Å². The molecule has 1 aromatic carbocycles. The molecule has 0 spiro atoms. The summed E-state index contributed by atoms with van der Waals surface area (Å²) >= 11 is 0. The summed E-state index contributed by atoms with van der Waals surface area (Å²) in [4.78, 5) is 39.8. The maximum absolute atomic E-state index is 13.2. The summed E-state index contributed by atoms with van der Waals surface area (Å²) in [5.74, 6) is -0.651. The van der Waals surface area contributed by atoms with Gasteiger partial charge in [0.15, 0.2) is 0 Å². The Balaban J connectivity index is 3.14. The van der Waals surface area contributed by atoms with Gasteiger partial charge in [0.1, 0.15) is 18.2 Å². The van der Waals surface area contributed by atoms with E-state index in [2.05, 4.69) is 24.1 Å². The Morgan fingerprint density at radius 2 is 1.72 bits per heavy atom. The van der Waals surface area contributed by atoms with E-state index in [4.69, 9.17) is 4.74 Å². The number of ether oxygens (including phenoxy) is 1. The zero-order valence-electron chi connectivity index (χ0n) is 20.4. The van der Waals surface area contributed by atoms with Gasteiger partial charge in [0.05, 0.1) is 0 Å². The van der Waals surface area contributed by atoms with Gasteiger partial charge in [-0.15, -0.1) is 6.58 Å². The predicted octanol–water partition coefficient (Wildman–Crippen LogP) is 4.19. The maximum atomic E-state index is 13.2. The van der Waals surface area contributed by atoms with Gasteiger partial charge in [-0.25, -0.2) is 4.79 Å². The van der Waals surface area contributed by atoms with Crippen LogP contribution in [0.5, 0.6) is 0 Å². The lowest BCUT2D eigenvalue weighted by atomic mass is 9.99.